The smallest absolute Gasteiger partial charge is 0.307 e. The molecule has 0 bridgehead atoms. The van der Waals surface area contributed by atoms with Crippen molar-refractivity contribution in [1.29, 1.82) is 0 Å². The fourth-order valence-electron chi connectivity index (χ4n) is 3.09. The van der Waals surface area contributed by atoms with Crippen molar-refractivity contribution in [1.82, 2.24) is 9.62 Å². The average molecular weight is 467 g/mol. The summed E-state index contributed by atoms with van der Waals surface area (Å²) in [7, 11) is -2.49. The van der Waals surface area contributed by atoms with E-state index in [0.717, 1.165) is 5.56 Å². The van der Waals surface area contributed by atoms with Gasteiger partial charge in [-0.3, -0.25) is 9.59 Å². The molecule has 31 heavy (non-hydrogen) atoms. The number of carbonyl (C=O) groups is 2. The van der Waals surface area contributed by atoms with Crippen LogP contribution in [0.15, 0.2) is 47.4 Å². The predicted molar refractivity (Wildman–Crippen MR) is 120 cm³/mol. The predicted octanol–water partition coefficient (Wildman–Crippen LogP) is 3.71. The Morgan fingerprint density at radius 3 is 2.26 bits per heavy atom. The van der Waals surface area contributed by atoms with Gasteiger partial charge in [-0.2, -0.15) is 4.31 Å². The summed E-state index contributed by atoms with van der Waals surface area (Å²) in [5, 5.41) is 2.89. The van der Waals surface area contributed by atoms with Crippen LogP contribution in [0, 0.1) is 6.92 Å². The van der Waals surface area contributed by atoms with Gasteiger partial charge in [-0.25, -0.2) is 8.42 Å². The summed E-state index contributed by atoms with van der Waals surface area (Å²) in [4.78, 5) is 24.9. The second-order valence-corrected chi connectivity index (χ2v) is 9.29. The number of hydrogen-bond donors (Lipinski definition) is 1. The number of nitrogens with zero attached hydrogens (tertiary/aromatic N) is 1. The van der Waals surface area contributed by atoms with Crippen LogP contribution in [0.5, 0.6) is 0 Å². The molecule has 168 valence electrons. The number of amides is 1. The van der Waals surface area contributed by atoms with Gasteiger partial charge in [-0.05, 0) is 30.7 Å². The molecule has 1 amide bonds. The minimum atomic E-state index is -3.76. The molecule has 2 rings (SSSR count). The zero-order valence-corrected chi connectivity index (χ0v) is 19.6. The van der Waals surface area contributed by atoms with Crippen molar-refractivity contribution in [2.24, 2.45) is 0 Å². The van der Waals surface area contributed by atoms with Crippen molar-refractivity contribution >= 4 is 33.5 Å². The molecule has 0 saturated carbocycles. The molecule has 1 unspecified atom stereocenters. The highest BCUT2D eigenvalue weighted by molar-refractivity contribution is 7.89. The Kier molecular flexibility index (Phi) is 8.61. The number of methoxy groups -OCH3 is 1. The van der Waals surface area contributed by atoms with E-state index in [-0.39, 0.29) is 21.9 Å². The van der Waals surface area contributed by atoms with Gasteiger partial charge in [-0.15, -0.1) is 0 Å². The average Bonchev–Trinajstić information content (AvgIpc) is 2.74. The van der Waals surface area contributed by atoms with E-state index in [1.165, 1.54) is 29.6 Å². The molecule has 0 aromatic heterocycles. The Balaban J connectivity index is 2.39. The van der Waals surface area contributed by atoms with Crippen LogP contribution >= 0.6 is 11.6 Å². The maximum atomic E-state index is 13.0. The van der Waals surface area contributed by atoms with Crippen LogP contribution < -0.4 is 5.32 Å². The van der Waals surface area contributed by atoms with Crippen molar-refractivity contribution in [3.63, 3.8) is 0 Å². The Morgan fingerprint density at radius 2 is 1.71 bits per heavy atom. The van der Waals surface area contributed by atoms with Crippen molar-refractivity contribution in [2.75, 3.05) is 20.2 Å². The van der Waals surface area contributed by atoms with Gasteiger partial charge >= 0.3 is 5.97 Å². The number of halogens is 1. The molecule has 0 aliphatic rings. The summed E-state index contributed by atoms with van der Waals surface area (Å²) in [5.41, 5.74) is 1.76. The lowest BCUT2D eigenvalue weighted by Gasteiger charge is -2.21. The molecule has 0 radical (unpaired) electrons. The number of esters is 1. The molecular formula is C22H27ClN2O5S. The summed E-state index contributed by atoms with van der Waals surface area (Å²) in [5.74, 6) is -1.08. The van der Waals surface area contributed by atoms with Crippen LogP contribution in [-0.2, 0) is 19.6 Å². The first-order valence-corrected chi connectivity index (χ1v) is 11.7. The molecule has 0 saturated heterocycles. The van der Waals surface area contributed by atoms with Crippen molar-refractivity contribution in [3.8, 4) is 0 Å². The zero-order valence-electron chi connectivity index (χ0n) is 18.0. The van der Waals surface area contributed by atoms with Gasteiger partial charge in [-0.1, -0.05) is 55.3 Å². The fourth-order valence-corrected chi connectivity index (χ4v) is 4.78. The monoisotopic (exact) mass is 466 g/mol. The lowest BCUT2D eigenvalue weighted by molar-refractivity contribution is -0.141. The first kappa shape index (κ1) is 24.8. The number of aryl methyl sites for hydroxylation is 1. The number of sulfonamides is 1. The SMILES string of the molecule is CCN(CC)S(=O)(=O)c1ccc(Cl)c(C(=O)NC(CC(=O)OC)c2ccc(C)cc2)c1. The highest BCUT2D eigenvalue weighted by Crippen LogP contribution is 2.25. The fraction of sp³-hybridized carbons (Fsp3) is 0.364. The normalized spacial score (nSPS) is 12.5. The molecule has 0 aliphatic carbocycles. The molecule has 0 aliphatic heterocycles. The zero-order chi connectivity index (χ0) is 23.2. The van der Waals surface area contributed by atoms with Gasteiger partial charge in [0, 0.05) is 13.1 Å². The second-order valence-electron chi connectivity index (χ2n) is 6.95. The Morgan fingerprint density at radius 1 is 1.10 bits per heavy atom. The van der Waals surface area contributed by atoms with Crippen LogP contribution in [0.25, 0.3) is 0 Å². The van der Waals surface area contributed by atoms with E-state index in [4.69, 9.17) is 16.3 Å². The Labute approximate surface area is 188 Å². The second kappa shape index (κ2) is 10.7. The third-order valence-corrected chi connectivity index (χ3v) is 7.28. The Bertz CT molecular complexity index is 1030. The summed E-state index contributed by atoms with van der Waals surface area (Å²) in [6.07, 6.45) is -0.0830. The van der Waals surface area contributed by atoms with Crippen LogP contribution in [0.3, 0.4) is 0 Å². The van der Waals surface area contributed by atoms with Gasteiger partial charge in [0.25, 0.3) is 5.91 Å². The Hall–Kier alpha value is -2.42. The number of ether oxygens (including phenoxy) is 1. The van der Waals surface area contributed by atoms with Crippen LogP contribution in [0.1, 0.15) is 47.8 Å². The molecule has 1 N–H and O–H groups in total. The van der Waals surface area contributed by atoms with Gasteiger partial charge in [0.1, 0.15) is 0 Å². The van der Waals surface area contributed by atoms with Crippen molar-refractivity contribution < 1.29 is 22.7 Å². The molecule has 7 nitrogen and oxygen atoms in total. The minimum Gasteiger partial charge on any atom is -0.469 e. The molecule has 2 aromatic rings. The molecule has 0 fully saturated rings. The number of benzene rings is 2. The van der Waals surface area contributed by atoms with E-state index in [1.807, 2.05) is 31.2 Å². The van der Waals surface area contributed by atoms with E-state index in [9.17, 15) is 18.0 Å². The van der Waals surface area contributed by atoms with Gasteiger partial charge in [0.15, 0.2) is 0 Å². The third kappa shape index (κ3) is 6.06. The third-order valence-electron chi connectivity index (χ3n) is 4.91. The van der Waals surface area contributed by atoms with E-state index in [0.29, 0.717) is 18.7 Å². The summed E-state index contributed by atoms with van der Waals surface area (Å²) >= 11 is 6.21. The van der Waals surface area contributed by atoms with E-state index < -0.39 is 27.9 Å². The minimum absolute atomic E-state index is 0.0110. The standard InChI is InChI=1S/C22H27ClN2O5S/c1-5-25(6-2)31(28,29)17-11-12-19(23)18(13-17)22(27)24-20(14-21(26)30-4)16-9-7-15(3)8-10-16/h7-13,20H,5-6,14H2,1-4H3,(H,24,27). The summed E-state index contributed by atoms with van der Waals surface area (Å²) < 4.78 is 31.7. The lowest BCUT2D eigenvalue weighted by Crippen LogP contribution is -2.32. The number of rotatable bonds is 9. The van der Waals surface area contributed by atoms with E-state index in [1.54, 1.807) is 13.8 Å². The molecule has 2 aromatic carbocycles. The van der Waals surface area contributed by atoms with E-state index >= 15 is 0 Å². The van der Waals surface area contributed by atoms with Gasteiger partial charge in [0.05, 0.1) is 35.1 Å². The molecule has 0 heterocycles. The van der Waals surface area contributed by atoms with Crippen LogP contribution in [-0.4, -0.2) is 44.8 Å². The molecule has 9 heteroatoms. The number of hydrogen-bond acceptors (Lipinski definition) is 5. The largest absolute Gasteiger partial charge is 0.469 e. The maximum Gasteiger partial charge on any atom is 0.307 e. The number of carbonyl (C=O) groups excluding carboxylic acids is 2. The maximum absolute atomic E-state index is 13.0. The van der Waals surface area contributed by atoms with Crippen LogP contribution in [0.2, 0.25) is 5.02 Å². The molecular weight excluding hydrogens is 440 g/mol. The summed E-state index contributed by atoms with van der Waals surface area (Å²) in [6.45, 7) is 6.02. The summed E-state index contributed by atoms with van der Waals surface area (Å²) in [6, 6.07) is 10.7. The van der Waals surface area contributed by atoms with Gasteiger partial charge in [0.2, 0.25) is 10.0 Å². The molecule has 0 spiro atoms. The highest BCUT2D eigenvalue weighted by Gasteiger charge is 2.25. The van der Waals surface area contributed by atoms with Crippen LogP contribution in [0.4, 0.5) is 0 Å². The lowest BCUT2D eigenvalue weighted by atomic mass is 10.0. The molecule has 1 atom stereocenters. The first-order valence-electron chi connectivity index (χ1n) is 9.87. The van der Waals surface area contributed by atoms with Crippen molar-refractivity contribution in [3.05, 3.63) is 64.2 Å². The van der Waals surface area contributed by atoms with Gasteiger partial charge < -0.3 is 10.1 Å². The quantitative estimate of drug-likeness (QED) is 0.568. The topological polar surface area (TPSA) is 92.8 Å². The highest BCUT2D eigenvalue weighted by atomic mass is 35.5. The van der Waals surface area contributed by atoms with E-state index in [2.05, 4.69) is 5.32 Å². The first-order chi connectivity index (χ1) is 14.6. The number of nitrogens with one attached hydrogen (secondary N) is 1. The van der Waals surface area contributed by atoms with Crippen molar-refractivity contribution in [2.45, 2.75) is 38.1 Å².